The van der Waals surface area contributed by atoms with Crippen LogP contribution in [0.5, 0.6) is 0 Å². The average molecular weight is 277 g/mol. The fraction of sp³-hybridized carbons (Fsp3) is 0.0769. The SMILES string of the molecule is Cc1ccccc1Nc1cc(S(N)(=O)=O)ccc1N. The van der Waals surface area contributed by atoms with Crippen molar-refractivity contribution in [2.75, 3.05) is 11.1 Å². The van der Waals surface area contributed by atoms with Gasteiger partial charge >= 0.3 is 0 Å². The first-order chi connectivity index (χ1) is 8.88. The molecule has 100 valence electrons. The Morgan fingerprint density at radius 1 is 1.05 bits per heavy atom. The molecular formula is C13H15N3O2S. The first-order valence-electron chi connectivity index (χ1n) is 5.63. The van der Waals surface area contributed by atoms with E-state index in [1.54, 1.807) is 0 Å². The van der Waals surface area contributed by atoms with Crippen molar-refractivity contribution in [2.45, 2.75) is 11.8 Å². The lowest BCUT2D eigenvalue weighted by atomic mass is 10.2. The van der Waals surface area contributed by atoms with Crippen LogP contribution in [0.3, 0.4) is 0 Å². The standard InChI is InChI=1S/C13H15N3O2S/c1-9-4-2-3-5-12(9)16-13-8-10(19(15,17)18)6-7-11(13)14/h2-8,16H,14H2,1H3,(H2,15,17,18). The molecule has 2 aromatic carbocycles. The van der Waals surface area contributed by atoms with Gasteiger partial charge in [-0.3, -0.25) is 0 Å². The predicted octanol–water partition coefficient (Wildman–Crippen LogP) is 1.97. The molecule has 0 atom stereocenters. The van der Waals surface area contributed by atoms with Crippen molar-refractivity contribution >= 4 is 27.1 Å². The van der Waals surface area contributed by atoms with Crippen molar-refractivity contribution < 1.29 is 8.42 Å². The van der Waals surface area contributed by atoms with E-state index in [1.165, 1.54) is 18.2 Å². The lowest BCUT2D eigenvalue weighted by Gasteiger charge is -2.12. The molecule has 2 rings (SSSR count). The molecule has 0 unspecified atom stereocenters. The molecule has 0 bridgehead atoms. The molecular weight excluding hydrogens is 262 g/mol. The molecule has 0 fully saturated rings. The Labute approximate surface area is 112 Å². The molecule has 0 aliphatic heterocycles. The number of anilines is 3. The Morgan fingerprint density at radius 2 is 1.74 bits per heavy atom. The summed E-state index contributed by atoms with van der Waals surface area (Å²) in [6.45, 7) is 1.95. The topological polar surface area (TPSA) is 98.2 Å². The van der Waals surface area contributed by atoms with Gasteiger partial charge in [-0.25, -0.2) is 13.6 Å². The van der Waals surface area contributed by atoms with Gasteiger partial charge in [0.05, 0.1) is 16.3 Å². The fourth-order valence-corrected chi connectivity index (χ4v) is 2.22. The summed E-state index contributed by atoms with van der Waals surface area (Å²) in [6, 6.07) is 12.0. The highest BCUT2D eigenvalue weighted by molar-refractivity contribution is 7.89. The zero-order chi connectivity index (χ0) is 14.0. The number of sulfonamides is 1. The second-order valence-corrected chi connectivity index (χ2v) is 5.80. The second-order valence-electron chi connectivity index (χ2n) is 4.23. The van der Waals surface area contributed by atoms with Gasteiger partial charge in [-0.15, -0.1) is 0 Å². The van der Waals surface area contributed by atoms with Crippen LogP contribution in [-0.4, -0.2) is 8.42 Å². The number of aryl methyl sites for hydroxylation is 1. The van der Waals surface area contributed by atoms with Crippen LogP contribution in [0.25, 0.3) is 0 Å². The molecule has 5 N–H and O–H groups in total. The van der Waals surface area contributed by atoms with Crippen LogP contribution in [0.4, 0.5) is 17.1 Å². The van der Waals surface area contributed by atoms with Gasteiger partial charge in [0.1, 0.15) is 0 Å². The first-order valence-corrected chi connectivity index (χ1v) is 7.17. The van der Waals surface area contributed by atoms with Gasteiger partial charge in [-0.05, 0) is 36.8 Å². The average Bonchev–Trinajstić information content (AvgIpc) is 2.33. The molecule has 19 heavy (non-hydrogen) atoms. The van der Waals surface area contributed by atoms with Gasteiger partial charge in [-0.2, -0.15) is 0 Å². The third-order valence-corrected chi connectivity index (χ3v) is 3.68. The number of benzene rings is 2. The van der Waals surface area contributed by atoms with Crippen molar-refractivity contribution in [3.05, 3.63) is 48.0 Å². The smallest absolute Gasteiger partial charge is 0.238 e. The minimum absolute atomic E-state index is 0.0257. The maximum absolute atomic E-state index is 11.3. The minimum Gasteiger partial charge on any atom is -0.397 e. The van der Waals surface area contributed by atoms with Crippen LogP contribution < -0.4 is 16.2 Å². The highest BCUT2D eigenvalue weighted by Crippen LogP contribution is 2.27. The molecule has 0 radical (unpaired) electrons. The largest absolute Gasteiger partial charge is 0.397 e. The number of rotatable bonds is 3. The van der Waals surface area contributed by atoms with Gasteiger partial charge in [0.15, 0.2) is 0 Å². The van der Waals surface area contributed by atoms with Crippen LogP contribution in [0.15, 0.2) is 47.4 Å². The molecule has 0 aromatic heterocycles. The Morgan fingerprint density at radius 3 is 2.37 bits per heavy atom. The molecule has 0 heterocycles. The van der Waals surface area contributed by atoms with Gasteiger partial charge < -0.3 is 11.1 Å². The highest BCUT2D eigenvalue weighted by Gasteiger charge is 2.10. The van der Waals surface area contributed by atoms with E-state index in [-0.39, 0.29) is 4.90 Å². The summed E-state index contributed by atoms with van der Waals surface area (Å²) in [6.07, 6.45) is 0. The maximum atomic E-state index is 11.3. The van der Waals surface area contributed by atoms with Crippen LogP contribution in [0, 0.1) is 6.92 Å². The van der Waals surface area contributed by atoms with Gasteiger partial charge in [0.2, 0.25) is 10.0 Å². The maximum Gasteiger partial charge on any atom is 0.238 e. The summed E-state index contributed by atoms with van der Waals surface area (Å²) < 4.78 is 22.6. The Hall–Kier alpha value is -2.05. The predicted molar refractivity (Wildman–Crippen MR) is 76.7 cm³/mol. The molecule has 0 amide bonds. The van der Waals surface area contributed by atoms with Crippen LogP contribution in [0.1, 0.15) is 5.56 Å². The molecule has 0 saturated heterocycles. The third-order valence-electron chi connectivity index (χ3n) is 2.77. The molecule has 0 aliphatic rings. The Balaban J connectivity index is 2.43. The third kappa shape index (κ3) is 3.04. The molecule has 0 aliphatic carbocycles. The van der Waals surface area contributed by atoms with E-state index in [0.29, 0.717) is 11.4 Å². The van der Waals surface area contributed by atoms with E-state index in [2.05, 4.69) is 5.32 Å². The molecule has 5 nitrogen and oxygen atoms in total. The summed E-state index contributed by atoms with van der Waals surface area (Å²) in [5.74, 6) is 0. The molecule has 0 saturated carbocycles. The molecule has 0 spiro atoms. The normalized spacial score (nSPS) is 11.3. The van der Waals surface area contributed by atoms with E-state index >= 15 is 0 Å². The van der Waals surface area contributed by atoms with E-state index in [0.717, 1.165) is 11.3 Å². The number of nitrogen functional groups attached to an aromatic ring is 1. The summed E-state index contributed by atoms with van der Waals surface area (Å²) >= 11 is 0. The van der Waals surface area contributed by atoms with Gasteiger partial charge in [0, 0.05) is 5.69 Å². The number of nitrogens with one attached hydrogen (secondary N) is 1. The summed E-state index contributed by atoms with van der Waals surface area (Å²) in [7, 11) is -3.74. The van der Waals surface area contributed by atoms with Gasteiger partial charge in [-0.1, -0.05) is 18.2 Å². The summed E-state index contributed by atoms with van der Waals surface area (Å²) in [4.78, 5) is 0.0257. The second kappa shape index (κ2) is 4.91. The zero-order valence-electron chi connectivity index (χ0n) is 10.4. The summed E-state index contributed by atoms with van der Waals surface area (Å²) in [5.41, 5.74) is 8.69. The number of para-hydroxylation sites is 1. The number of primary sulfonamides is 1. The van der Waals surface area contributed by atoms with Crippen LogP contribution in [-0.2, 0) is 10.0 Å². The van der Waals surface area contributed by atoms with Crippen molar-refractivity contribution in [3.8, 4) is 0 Å². The Bertz CT molecular complexity index is 712. The first kappa shape index (κ1) is 13.4. The van der Waals surface area contributed by atoms with Crippen LogP contribution >= 0.6 is 0 Å². The van der Waals surface area contributed by atoms with Crippen molar-refractivity contribution in [1.29, 1.82) is 0 Å². The molecule has 2 aromatic rings. The number of hydrogen-bond donors (Lipinski definition) is 3. The Kier molecular flexibility index (Phi) is 3.46. The minimum atomic E-state index is -3.74. The van der Waals surface area contributed by atoms with E-state index in [9.17, 15) is 8.42 Å². The van der Waals surface area contributed by atoms with Crippen molar-refractivity contribution in [1.82, 2.24) is 0 Å². The lowest BCUT2D eigenvalue weighted by molar-refractivity contribution is 0.598. The zero-order valence-corrected chi connectivity index (χ0v) is 11.2. The lowest BCUT2D eigenvalue weighted by Crippen LogP contribution is -2.12. The quantitative estimate of drug-likeness (QED) is 0.747. The monoisotopic (exact) mass is 277 g/mol. The highest BCUT2D eigenvalue weighted by atomic mass is 32.2. The van der Waals surface area contributed by atoms with E-state index in [4.69, 9.17) is 10.9 Å². The fourth-order valence-electron chi connectivity index (χ4n) is 1.68. The summed E-state index contributed by atoms with van der Waals surface area (Å²) in [5, 5.41) is 8.21. The van der Waals surface area contributed by atoms with Crippen molar-refractivity contribution in [3.63, 3.8) is 0 Å². The van der Waals surface area contributed by atoms with E-state index < -0.39 is 10.0 Å². The number of nitrogens with two attached hydrogens (primary N) is 2. The number of hydrogen-bond acceptors (Lipinski definition) is 4. The van der Waals surface area contributed by atoms with E-state index in [1.807, 2.05) is 31.2 Å². The van der Waals surface area contributed by atoms with Crippen LogP contribution in [0.2, 0.25) is 0 Å². The molecule has 6 heteroatoms. The van der Waals surface area contributed by atoms with Crippen molar-refractivity contribution in [2.24, 2.45) is 5.14 Å². The van der Waals surface area contributed by atoms with Gasteiger partial charge in [0.25, 0.3) is 0 Å².